The van der Waals surface area contributed by atoms with E-state index in [9.17, 15) is 13.2 Å². The van der Waals surface area contributed by atoms with Crippen LogP contribution in [0.5, 0.6) is 5.75 Å². The standard InChI is InChI=1S/C22H21F3N4OS/c23-22(24,25)30-19-8-4-3-7-18(19)28-21(31)27-16-10-13-29(14-11-16)20-17-6-2-1-5-15(17)9-12-26-20/h1-9,12,16H,10-11,13-14H2,(H2,27,28,31). The van der Waals surface area contributed by atoms with Crippen LogP contribution in [0.2, 0.25) is 0 Å². The summed E-state index contributed by atoms with van der Waals surface area (Å²) in [5.41, 5.74) is 0.162. The molecule has 2 aromatic carbocycles. The fourth-order valence-corrected chi connectivity index (χ4v) is 4.00. The molecule has 3 aromatic rings. The summed E-state index contributed by atoms with van der Waals surface area (Å²) in [6.07, 6.45) is -1.29. The summed E-state index contributed by atoms with van der Waals surface area (Å²) in [7, 11) is 0. The highest BCUT2D eigenvalue weighted by Crippen LogP contribution is 2.30. The molecular formula is C22H21F3N4OS. The van der Waals surface area contributed by atoms with E-state index < -0.39 is 6.36 Å². The molecule has 0 bridgehead atoms. The lowest BCUT2D eigenvalue weighted by Crippen LogP contribution is -2.46. The van der Waals surface area contributed by atoms with Crippen LogP contribution >= 0.6 is 12.2 Å². The molecule has 4 rings (SSSR count). The summed E-state index contributed by atoms with van der Waals surface area (Å²) in [6, 6.07) is 16.1. The summed E-state index contributed by atoms with van der Waals surface area (Å²) in [5, 5.41) is 8.55. The number of hydrogen-bond donors (Lipinski definition) is 2. The Kier molecular flexibility index (Phi) is 6.13. The molecular weight excluding hydrogens is 425 g/mol. The van der Waals surface area contributed by atoms with Gasteiger partial charge in [0, 0.05) is 30.7 Å². The number of rotatable bonds is 4. The smallest absolute Gasteiger partial charge is 0.404 e. The number of thiocarbonyl (C=S) groups is 1. The van der Waals surface area contributed by atoms with Crippen molar-refractivity contribution in [3.8, 4) is 5.75 Å². The molecule has 0 saturated carbocycles. The Morgan fingerprint density at radius 2 is 1.74 bits per heavy atom. The Morgan fingerprint density at radius 1 is 1.03 bits per heavy atom. The number of halogens is 3. The minimum absolute atomic E-state index is 0.113. The van der Waals surface area contributed by atoms with E-state index in [1.54, 1.807) is 6.07 Å². The first kappa shape index (κ1) is 21.2. The van der Waals surface area contributed by atoms with Gasteiger partial charge in [0.15, 0.2) is 10.9 Å². The zero-order valence-corrected chi connectivity index (χ0v) is 17.3. The first-order valence-electron chi connectivity index (χ1n) is 9.90. The van der Waals surface area contributed by atoms with Crippen LogP contribution in [0.25, 0.3) is 10.8 Å². The molecule has 31 heavy (non-hydrogen) atoms. The van der Waals surface area contributed by atoms with E-state index in [0.29, 0.717) is 0 Å². The topological polar surface area (TPSA) is 49.4 Å². The van der Waals surface area contributed by atoms with Gasteiger partial charge in [-0.1, -0.05) is 36.4 Å². The molecule has 0 spiro atoms. The van der Waals surface area contributed by atoms with Gasteiger partial charge in [-0.3, -0.25) is 0 Å². The fourth-order valence-electron chi connectivity index (χ4n) is 3.72. The third-order valence-corrected chi connectivity index (χ3v) is 5.36. The zero-order chi connectivity index (χ0) is 21.8. The second kappa shape index (κ2) is 8.97. The van der Waals surface area contributed by atoms with Crippen LogP contribution in [0.1, 0.15) is 12.8 Å². The number of fused-ring (bicyclic) bond motifs is 1. The molecule has 0 unspecified atom stereocenters. The number of para-hydroxylation sites is 2. The Labute approximate surface area is 183 Å². The molecule has 1 aliphatic rings. The van der Waals surface area contributed by atoms with Gasteiger partial charge in [0.2, 0.25) is 0 Å². The van der Waals surface area contributed by atoms with Crippen LogP contribution in [-0.4, -0.2) is 35.6 Å². The van der Waals surface area contributed by atoms with Crippen molar-refractivity contribution >= 4 is 39.6 Å². The number of piperidine rings is 1. The van der Waals surface area contributed by atoms with Crippen molar-refractivity contribution in [2.24, 2.45) is 0 Å². The van der Waals surface area contributed by atoms with Gasteiger partial charge in [-0.15, -0.1) is 13.2 Å². The normalized spacial score (nSPS) is 15.0. The largest absolute Gasteiger partial charge is 0.573 e. The van der Waals surface area contributed by atoms with E-state index in [-0.39, 0.29) is 22.6 Å². The van der Waals surface area contributed by atoms with Crippen LogP contribution < -0.4 is 20.3 Å². The van der Waals surface area contributed by atoms with Gasteiger partial charge >= 0.3 is 6.36 Å². The Hall–Kier alpha value is -3.07. The van der Waals surface area contributed by atoms with Crippen LogP contribution in [0.4, 0.5) is 24.7 Å². The van der Waals surface area contributed by atoms with Crippen molar-refractivity contribution in [2.45, 2.75) is 25.2 Å². The third-order valence-electron chi connectivity index (χ3n) is 5.14. The number of alkyl halides is 3. The lowest BCUT2D eigenvalue weighted by Gasteiger charge is -2.34. The van der Waals surface area contributed by atoms with Gasteiger partial charge in [0.1, 0.15) is 5.82 Å². The highest BCUT2D eigenvalue weighted by Gasteiger charge is 2.32. The minimum atomic E-state index is -4.77. The first-order chi connectivity index (χ1) is 14.9. The highest BCUT2D eigenvalue weighted by molar-refractivity contribution is 7.80. The maximum atomic E-state index is 12.6. The SMILES string of the molecule is FC(F)(F)Oc1ccccc1NC(=S)NC1CCN(c2nccc3ccccc23)CC1. The van der Waals surface area contributed by atoms with Gasteiger partial charge in [-0.05, 0) is 48.6 Å². The molecule has 9 heteroatoms. The van der Waals surface area contributed by atoms with Crippen molar-refractivity contribution in [2.75, 3.05) is 23.3 Å². The highest BCUT2D eigenvalue weighted by atomic mass is 32.1. The molecule has 5 nitrogen and oxygen atoms in total. The van der Waals surface area contributed by atoms with Gasteiger partial charge < -0.3 is 20.3 Å². The monoisotopic (exact) mass is 446 g/mol. The Morgan fingerprint density at radius 3 is 2.52 bits per heavy atom. The number of anilines is 2. The third kappa shape index (κ3) is 5.35. The second-order valence-electron chi connectivity index (χ2n) is 7.26. The lowest BCUT2D eigenvalue weighted by molar-refractivity contribution is -0.274. The molecule has 162 valence electrons. The maximum absolute atomic E-state index is 12.6. The molecule has 2 heterocycles. The summed E-state index contributed by atoms with van der Waals surface area (Å²) in [5.74, 6) is 0.645. The van der Waals surface area contributed by atoms with E-state index in [4.69, 9.17) is 12.2 Å². The number of pyridine rings is 1. The van der Waals surface area contributed by atoms with Gasteiger partial charge in [0.05, 0.1) is 5.69 Å². The molecule has 0 amide bonds. The van der Waals surface area contributed by atoms with E-state index in [1.165, 1.54) is 18.2 Å². The summed E-state index contributed by atoms with van der Waals surface area (Å²) >= 11 is 5.32. The number of ether oxygens (including phenoxy) is 1. The second-order valence-corrected chi connectivity index (χ2v) is 7.67. The predicted molar refractivity (Wildman–Crippen MR) is 119 cm³/mol. The number of aromatic nitrogens is 1. The van der Waals surface area contributed by atoms with Crippen molar-refractivity contribution in [1.82, 2.24) is 10.3 Å². The molecule has 1 fully saturated rings. The van der Waals surface area contributed by atoms with Crippen molar-refractivity contribution < 1.29 is 17.9 Å². The van der Waals surface area contributed by atoms with Crippen molar-refractivity contribution in [3.63, 3.8) is 0 Å². The van der Waals surface area contributed by atoms with Crippen molar-refractivity contribution in [3.05, 3.63) is 60.8 Å². The van der Waals surface area contributed by atoms with E-state index in [0.717, 1.165) is 42.5 Å². The zero-order valence-electron chi connectivity index (χ0n) is 16.5. The quantitative estimate of drug-likeness (QED) is 0.545. The average Bonchev–Trinajstić information content (AvgIpc) is 2.74. The molecule has 1 aromatic heterocycles. The van der Waals surface area contributed by atoms with Crippen LogP contribution in [0, 0.1) is 0 Å². The predicted octanol–water partition coefficient (Wildman–Crippen LogP) is 5.09. The fraction of sp³-hybridized carbons (Fsp3) is 0.273. The number of benzene rings is 2. The minimum Gasteiger partial charge on any atom is -0.404 e. The number of hydrogen-bond acceptors (Lipinski definition) is 4. The van der Waals surface area contributed by atoms with E-state index in [1.807, 2.05) is 24.4 Å². The molecule has 1 saturated heterocycles. The van der Waals surface area contributed by atoms with E-state index in [2.05, 4.69) is 37.4 Å². The first-order valence-corrected chi connectivity index (χ1v) is 10.3. The average molecular weight is 446 g/mol. The molecule has 1 aliphatic heterocycles. The Bertz CT molecular complexity index is 1060. The maximum Gasteiger partial charge on any atom is 0.573 e. The Balaban J connectivity index is 1.35. The molecule has 0 radical (unpaired) electrons. The van der Waals surface area contributed by atoms with Crippen LogP contribution in [0.3, 0.4) is 0 Å². The van der Waals surface area contributed by atoms with Crippen molar-refractivity contribution in [1.29, 1.82) is 0 Å². The van der Waals surface area contributed by atoms with Gasteiger partial charge in [-0.2, -0.15) is 0 Å². The van der Waals surface area contributed by atoms with Gasteiger partial charge in [0.25, 0.3) is 0 Å². The summed E-state index contributed by atoms with van der Waals surface area (Å²) in [6.45, 7) is 1.60. The van der Waals surface area contributed by atoms with E-state index >= 15 is 0 Å². The number of nitrogens with zero attached hydrogens (tertiary/aromatic N) is 2. The molecule has 2 N–H and O–H groups in total. The summed E-state index contributed by atoms with van der Waals surface area (Å²) < 4.78 is 41.9. The van der Waals surface area contributed by atoms with Crippen LogP contribution in [0.15, 0.2) is 60.8 Å². The summed E-state index contributed by atoms with van der Waals surface area (Å²) in [4.78, 5) is 6.83. The van der Waals surface area contributed by atoms with Crippen LogP contribution in [-0.2, 0) is 0 Å². The van der Waals surface area contributed by atoms with Gasteiger partial charge in [-0.25, -0.2) is 4.98 Å². The molecule has 0 aliphatic carbocycles. The molecule has 0 atom stereocenters. The lowest BCUT2D eigenvalue weighted by atomic mass is 10.0. The number of nitrogens with one attached hydrogen (secondary N) is 2.